The highest BCUT2D eigenvalue weighted by molar-refractivity contribution is 9.10. The van der Waals surface area contributed by atoms with Gasteiger partial charge >= 0.3 is 6.09 Å². The third-order valence-electron chi connectivity index (χ3n) is 5.23. The fourth-order valence-electron chi connectivity index (χ4n) is 3.55. The van der Waals surface area contributed by atoms with Crippen LogP contribution >= 0.6 is 15.9 Å². The van der Waals surface area contributed by atoms with Crippen LogP contribution in [0.1, 0.15) is 44.2 Å². The number of hydrogen-bond acceptors (Lipinski definition) is 2. The van der Waals surface area contributed by atoms with Crippen LogP contribution in [0.15, 0.2) is 53.0 Å². The molecule has 1 saturated carbocycles. The topological polar surface area (TPSA) is 58.6 Å². The van der Waals surface area contributed by atoms with Crippen LogP contribution in [-0.2, 0) is 6.61 Å². The second kappa shape index (κ2) is 6.95. The van der Waals surface area contributed by atoms with Gasteiger partial charge in [-0.05, 0) is 47.2 Å². The van der Waals surface area contributed by atoms with Crippen molar-refractivity contribution in [1.29, 1.82) is 0 Å². The van der Waals surface area contributed by atoms with Crippen molar-refractivity contribution in [3.05, 3.63) is 64.1 Å². The molecule has 0 spiro atoms. The first-order chi connectivity index (χ1) is 12.2. The van der Waals surface area contributed by atoms with Crippen molar-refractivity contribution in [2.45, 2.75) is 45.3 Å². The maximum atomic E-state index is 11.2. The third-order valence-corrected chi connectivity index (χ3v) is 5.76. The van der Waals surface area contributed by atoms with Crippen LogP contribution in [0.2, 0.25) is 0 Å². The minimum absolute atomic E-state index is 0.146. The molecule has 2 atom stereocenters. The molecule has 1 aliphatic carbocycles. The Morgan fingerprint density at radius 1 is 1.19 bits per heavy atom. The quantitative estimate of drug-likeness (QED) is 0.668. The molecule has 1 fully saturated rings. The molecule has 0 heterocycles. The number of amides is 1. The summed E-state index contributed by atoms with van der Waals surface area (Å²) in [5.41, 5.74) is 1.70. The summed E-state index contributed by atoms with van der Waals surface area (Å²) in [6.45, 7) is 6.76. The van der Waals surface area contributed by atoms with E-state index in [0.717, 1.165) is 27.8 Å². The van der Waals surface area contributed by atoms with Crippen molar-refractivity contribution < 1.29 is 14.6 Å². The van der Waals surface area contributed by atoms with E-state index in [1.807, 2.05) is 48.5 Å². The molecule has 0 radical (unpaired) electrons. The van der Waals surface area contributed by atoms with Crippen LogP contribution in [-0.4, -0.2) is 16.7 Å². The van der Waals surface area contributed by atoms with E-state index in [0.29, 0.717) is 6.61 Å². The number of hydrogen-bond donors (Lipinski definition) is 2. The lowest BCUT2D eigenvalue weighted by molar-refractivity contribution is 0.167. The van der Waals surface area contributed by atoms with Crippen molar-refractivity contribution >= 4 is 22.0 Å². The third kappa shape index (κ3) is 3.88. The van der Waals surface area contributed by atoms with Gasteiger partial charge in [-0.25, -0.2) is 4.79 Å². The largest absolute Gasteiger partial charge is 0.489 e. The predicted octanol–water partition coefficient (Wildman–Crippen LogP) is 5.57. The summed E-state index contributed by atoms with van der Waals surface area (Å²) in [6.07, 6.45) is -0.140. The first kappa shape index (κ1) is 18.8. The van der Waals surface area contributed by atoms with Crippen LogP contribution < -0.4 is 10.1 Å². The van der Waals surface area contributed by atoms with Gasteiger partial charge in [-0.2, -0.15) is 0 Å². The average molecular weight is 418 g/mol. The zero-order valence-corrected chi connectivity index (χ0v) is 16.8. The Hall–Kier alpha value is -2.01. The van der Waals surface area contributed by atoms with E-state index in [1.54, 1.807) is 0 Å². The molecular formula is C21H24BrNO3. The summed E-state index contributed by atoms with van der Waals surface area (Å²) in [6, 6.07) is 16.0. The summed E-state index contributed by atoms with van der Waals surface area (Å²) < 4.78 is 6.89. The van der Waals surface area contributed by atoms with Crippen LogP contribution in [0.4, 0.5) is 4.79 Å². The first-order valence-corrected chi connectivity index (χ1v) is 9.49. The van der Waals surface area contributed by atoms with Gasteiger partial charge < -0.3 is 15.2 Å². The molecule has 3 rings (SSSR count). The molecule has 0 bridgehead atoms. The highest BCUT2D eigenvalue weighted by Crippen LogP contribution is 2.60. The molecule has 138 valence electrons. The molecule has 1 amide bonds. The first-order valence-electron chi connectivity index (χ1n) is 8.69. The molecule has 1 aliphatic rings. The minimum Gasteiger partial charge on any atom is -0.489 e. The van der Waals surface area contributed by atoms with E-state index in [1.165, 1.54) is 0 Å². The second-order valence-corrected chi connectivity index (χ2v) is 8.81. The SMILES string of the molecule is CC(C)(C)C1(NC(=O)O)CC1c1ccc(OCc2ccc(Br)cc2)cc1. The Morgan fingerprint density at radius 2 is 1.81 bits per heavy atom. The maximum Gasteiger partial charge on any atom is 0.405 e. The highest BCUT2D eigenvalue weighted by atomic mass is 79.9. The van der Waals surface area contributed by atoms with Gasteiger partial charge in [-0.15, -0.1) is 0 Å². The number of ether oxygens (including phenoxy) is 1. The van der Waals surface area contributed by atoms with Gasteiger partial charge in [0, 0.05) is 10.4 Å². The molecule has 2 N–H and O–H groups in total. The number of rotatable bonds is 5. The average Bonchev–Trinajstić information content (AvgIpc) is 3.29. The monoisotopic (exact) mass is 417 g/mol. The lowest BCUT2D eigenvalue weighted by Gasteiger charge is -2.32. The highest BCUT2D eigenvalue weighted by Gasteiger charge is 2.62. The molecule has 26 heavy (non-hydrogen) atoms. The van der Waals surface area contributed by atoms with E-state index in [2.05, 4.69) is 42.0 Å². The van der Waals surface area contributed by atoms with Gasteiger partial charge in [0.1, 0.15) is 12.4 Å². The number of carbonyl (C=O) groups is 1. The van der Waals surface area contributed by atoms with Crippen molar-refractivity contribution in [2.24, 2.45) is 5.41 Å². The predicted molar refractivity (Wildman–Crippen MR) is 106 cm³/mol. The van der Waals surface area contributed by atoms with E-state index in [9.17, 15) is 9.90 Å². The molecule has 5 heteroatoms. The Bertz CT molecular complexity index is 780. The lowest BCUT2D eigenvalue weighted by Crippen LogP contribution is -2.47. The normalized spacial score (nSPS) is 21.9. The number of carboxylic acid groups (broad SMARTS) is 1. The van der Waals surface area contributed by atoms with E-state index < -0.39 is 11.6 Å². The van der Waals surface area contributed by atoms with Crippen molar-refractivity contribution in [3.63, 3.8) is 0 Å². The molecule has 2 aromatic carbocycles. The van der Waals surface area contributed by atoms with Gasteiger partial charge in [0.2, 0.25) is 0 Å². The second-order valence-electron chi connectivity index (χ2n) is 7.89. The fourth-order valence-corrected chi connectivity index (χ4v) is 3.82. The zero-order chi connectivity index (χ0) is 18.9. The smallest absolute Gasteiger partial charge is 0.405 e. The van der Waals surface area contributed by atoms with Crippen LogP contribution in [0.5, 0.6) is 5.75 Å². The van der Waals surface area contributed by atoms with Crippen LogP contribution in [0, 0.1) is 5.41 Å². The van der Waals surface area contributed by atoms with Crippen LogP contribution in [0.3, 0.4) is 0 Å². The van der Waals surface area contributed by atoms with Crippen molar-refractivity contribution in [3.8, 4) is 5.75 Å². The molecule has 2 unspecified atom stereocenters. The van der Waals surface area contributed by atoms with Gasteiger partial charge in [0.15, 0.2) is 0 Å². The summed E-state index contributed by atoms with van der Waals surface area (Å²) >= 11 is 3.42. The number of benzene rings is 2. The Morgan fingerprint density at radius 3 is 2.35 bits per heavy atom. The molecule has 2 aromatic rings. The Labute approximate surface area is 162 Å². The maximum absolute atomic E-state index is 11.2. The summed E-state index contributed by atoms with van der Waals surface area (Å²) in [4.78, 5) is 11.2. The van der Waals surface area contributed by atoms with Crippen molar-refractivity contribution in [2.75, 3.05) is 0 Å². The fraction of sp³-hybridized carbons (Fsp3) is 0.381. The van der Waals surface area contributed by atoms with Gasteiger partial charge in [-0.1, -0.05) is 61.0 Å². The minimum atomic E-state index is -0.961. The summed E-state index contributed by atoms with van der Waals surface area (Å²) in [5.74, 6) is 1.00. The molecule has 0 aliphatic heterocycles. The number of halogens is 1. The zero-order valence-electron chi connectivity index (χ0n) is 15.3. The standard InChI is InChI=1S/C21H24BrNO3/c1-20(2,3)21(23-19(24)25)12-18(21)15-6-10-17(11-7-15)26-13-14-4-8-16(22)9-5-14/h4-11,18,23H,12-13H2,1-3H3,(H,24,25). The van der Waals surface area contributed by atoms with Crippen molar-refractivity contribution in [1.82, 2.24) is 5.32 Å². The number of nitrogens with one attached hydrogen (secondary N) is 1. The van der Waals surface area contributed by atoms with E-state index in [4.69, 9.17) is 4.74 Å². The molecule has 0 aromatic heterocycles. The molecule has 0 saturated heterocycles. The summed E-state index contributed by atoms with van der Waals surface area (Å²) in [5, 5.41) is 12.0. The van der Waals surface area contributed by atoms with Crippen LogP contribution in [0.25, 0.3) is 0 Å². The molecule has 4 nitrogen and oxygen atoms in total. The lowest BCUT2D eigenvalue weighted by atomic mass is 9.81. The Kier molecular flexibility index (Phi) is 5.02. The van der Waals surface area contributed by atoms with Gasteiger partial charge in [-0.3, -0.25) is 0 Å². The molecular weight excluding hydrogens is 394 g/mol. The van der Waals surface area contributed by atoms with Gasteiger partial charge in [0.05, 0.1) is 5.54 Å². The van der Waals surface area contributed by atoms with E-state index >= 15 is 0 Å². The van der Waals surface area contributed by atoms with Gasteiger partial charge in [0.25, 0.3) is 0 Å². The summed E-state index contributed by atoms with van der Waals surface area (Å²) in [7, 11) is 0. The Balaban J connectivity index is 1.66. The van der Waals surface area contributed by atoms with E-state index in [-0.39, 0.29) is 11.3 Å².